The Morgan fingerprint density at radius 3 is 2.12 bits per heavy atom. The van der Waals surface area contributed by atoms with E-state index in [4.69, 9.17) is 0 Å². The average Bonchev–Trinajstić information content (AvgIpc) is 3.00. The summed E-state index contributed by atoms with van der Waals surface area (Å²) in [5, 5.41) is 0. The van der Waals surface area contributed by atoms with E-state index in [2.05, 4.69) is 4.99 Å². The van der Waals surface area contributed by atoms with Crippen LogP contribution in [0.3, 0.4) is 0 Å². The number of aliphatic imine (C=N–C) groups is 1. The van der Waals surface area contributed by atoms with Crippen molar-refractivity contribution in [2.45, 2.75) is 24.0 Å². The van der Waals surface area contributed by atoms with E-state index in [0.29, 0.717) is 11.3 Å². The quantitative estimate of drug-likeness (QED) is 0.815. The van der Waals surface area contributed by atoms with Gasteiger partial charge in [-0.2, -0.15) is 13.2 Å². The lowest BCUT2D eigenvalue weighted by Gasteiger charge is -2.22. The number of hydrogen-bond donors (Lipinski definition) is 0. The van der Waals surface area contributed by atoms with Crippen molar-refractivity contribution in [3.05, 3.63) is 59.7 Å². The molecule has 3 rings (SSSR count). The van der Waals surface area contributed by atoms with Gasteiger partial charge in [0.15, 0.2) is 15.9 Å². The highest BCUT2D eigenvalue weighted by atomic mass is 32.2. The third kappa shape index (κ3) is 3.75. The summed E-state index contributed by atoms with van der Waals surface area (Å²) < 4.78 is 62.8. The molecular formula is C18H17F3N2O2S. The maximum atomic E-state index is 13.2. The van der Waals surface area contributed by atoms with Crippen molar-refractivity contribution >= 4 is 21.4 Å². The normalized spacial score (nSPS) is 18.1. The number of rotatable bonds is 3. The molecule has 1 atom stereocenters. The number of benzene rings is 2. The van der Waals surface area contributed by atoms with Gasteiger partial charge in [0.2, 0.25) is 0 Å². The molecule has 0 radical (unpaired) electrons. The van der Waals surface area contributed by atoms with Gasteiger partial charge in [-0.25, -0.2) is 8.42 Å². The van der Waals surface area contributed by atoms with E-state index in [9.17, 15) is 21.6 Å². The van der Waals surface area contributed by atoms with Crippen LogP contribution >= 0.6 is 0 Å². The zero-order valence-electron chi connectivity index (χ0n) is 14.2. The van der Waals surface area contributed by atoms with Crippen LogP contribution in [0.1, 0.15) is 11.1 Å². The summed E-state index contributed by atoms with van der Waals surface area (Å²) in [7, 11) is -3.38. The first-order chi connectivity index (χ1) is 12.1. The van der Waals surface area contributed by atoms with Crippen LogP contribution < -0.4 is 4.90 Å². The predicted octanol–water partition coefficient (Wildman–Crippen LogP) is 3.60. The number of alkyl halides is 3. The minimum atomic E-state index is -4.45. The van der Waals surface area contributed by atoms with Gasteiger partial charge in [-0.05, 0) is 31.2 Å². The average molecular weight is 382 g/mol. The second-order valence-corrected chi connectivity index (χ2v) is 8.27. The van der Waals surface area contributed by atoms with E-state index in [1.807, 2.05) is 19.1 Å². The monoisotopic (exact) mass is 382 g/mol. The first-order valence-corrected chi connectivity index (χ1v) is 9.74. The maximum absolute atomic E-state index is 13.2. The first-order valence-electron chi connectivity index (χ1n) is 7.85. The van der Waals surface area contributed by atoms with E-state index >= 15 is 0 Å². The second kappa shape index (κ2) is 6.42. The van der Waals surface area contributed by atoms with E-state index in [1.165, 1.54) is 29.2 Å². The number of halogens is 3. The summed E-state index contributed by atoms with van der Waals surface area (Å²) in [6.07, 6.45) is -3.37. The minimum absolute atomic E-state index is 0.113. The lowest BCUT2D eigenvalue weighted by atomic mass is 10.1. The molecule has 2 aromatic rings. The van der Waals surface area contributed by atoms with Gasteiger partial charge in [-0.15, -0.1) is 0 Å². The Morgan fingerprint density at radius 2 is 1.62 bits per heavy atom. The van der Waals surface area contributed by atoms with Crippen molar-refractivity contribution in [1.29, 1.82) is 0 Å². The van der Waals surface area contributed by atoms with Gasteiger partial charge in [-0.3, -0.25) is 4.99 Å². The minimum Gasteiger partial charge on any atom is -0.324 e. The number of anilines is 1. The molecule has 2 aromatic carbocycles. The van der Waals surface area contributed by atoms with Gasteiger partial charge in [0.05, 0.1) is 11.4 Å². The van der Waals surface area contributed by atoms with Crippen LogP contribution in [0.2, 0.25) is 0 Å². The van der Waals surface area contributed by atoms with Gasteiger partial charge < -0.3 is 4.90 Å². The van der Waals surface area contributed by atoms with E-state index in [-0.39, 0.29) is 17.3 Å². The van der Waals surface area contributed by atoms with Crippen molar-refractivity contribution in [2.24, 2.45) is 4.99 Å². The van der Waals surface area contributed by atoms with Crippen LogP contribution in [0, 0.1) is 6.92 Å². The number of hydrogen-bond acceptors (Lipinski definition) is 4. The van der Waals surface area contributed by atoms with E-state index in [1.54, 1.807) is 12.1 Å². The Morgan fingerprint density at radius 1 is 1.04 bits per heavy atom. The Bertz CT molecular complexity index is 934. The van der Waals surface area contributed by atoms with Crippen molar-refractivity contribution in [1.82, 2.24) is 0 Å². The van der Waals surface area contributed by atoms with Crippen molar-refractivity contribution in [3.8, 4) is 0 Å². The Balaban J connectivity index is 2.01. The molecule has 0 aliphatic carbocycles. The molecule has 0 bridgehead atoms. The molecule has 0 aromatic heterocycles. The maximum Gasteiger partial charge on any atom is 0.412 e. The van der Waals surface area contributed by atoms with Crippen LogP contribution in [0.5, 0.6) is 0 Å². The molecular weight excluding hydrogens is 365 g/mol. The fourth-order valence-electron chi connectivity index (χ4n) is 2.73. The summed E-state index contributed by atoms with van der Waals surface area (Å²) >= 11 is 0. The third-order valence-corrected chi connectivity index (χ3v) is 5.28. The van der Waals surface area contributed by atoms with Gasteiger partial charge in [0, 0.05) is 17.5 Å². The fraction of sp³-hybridized carbons (Fsp3) is 0.278. The Hall–Kier alpha value is -2.35. The van der Waals surface area contributed by atoms with Crippen LogP contribution in [0.15, 0.2) is 58.4 Å². The molecule has 1 heterocycles. The number of nitrogens with zero attached hydrogens (tertiary/aromatic N) is 2. The molecule has 0 N–H and O–H groups in total. The molecule has 1 aliphatic heterocycles. The number of amidine groups is 1. The van der Waals surface area contributed by atoms with Gasteiger partial charge in [0.25, 0.3) is 0 Å². The van der Waals surface area contributed by atoms with Crippen molar-refractivity contribution < 1.29 is 21.6 Å². The first kappa shape index (κ1) is 18.4. The molecule has 1 unspecified atom stereocenters. The highest BCUT2D eigenvalue weighted by Gasteiger charge is 2.45. The summed E-state index contributed by atoms with van der Waals surface area (Å²) in [5.74, 6) is 0.222. The molecule has 0 amide bonds. The predicted molar refractivity (Wildman–Crippen MR) is 94.5 cm³/mol. The van der Waals surface area contributed by atoms with E-state index in [0.717, 1.165) is 11.8 Å². The van der Waals surface area contributed by atoms with Gasteiger partial charge in [-0.1, -0.05) is 29.8 Å². The molecule has 8 heteroatoms. The lowest BCUT2D eigenvalue weighted by molar-refractivity contribution is -0.142. The molecule has 0 saturated carbocycles. The summed E-state index contributed by atoms with van der Waals surface area (Å²) in [6.45, 7) is 1.55. The SMILES string of the molecule is Cc1ccc(C2=NC(C(F)(F)F)CN2c2ccc(S(C)(=O)=O)cc2)cc1. The second-order valence-electron chi connectivity index (χ2n) is 6.25. The summed E-state index contributed by atoms with van der Waals surface area (Å²) in [6, 6.07) is 11.0. The molecule has 0 fully saturated rings. The topological polar surface area (TPSA) is 49.7 Å². The van der Waals surface area contributed by atoms with Gasteiger partial charge >= 0.3 is 6.18 Å². The largest absolute Gasteiger partial charge is 0.412 e. The van der Waals surface area contributed by atoms with Crippen LogP contribution in [-0.2, 0) is 9.84 Å². The molecule has 0 saturated heterocycles. The van der Waals surface area contributed by atoms with E-state index < -0.39 is 22.1 Å². The summed E-state index contributed by atoms with van der Waals surface area (Å²) in [4.78, 5) is 5.47. The van der Waals surface area contributed by atoms with Crippen molar-refractivity contribution in [2.75, 3.05) is 17.7 Å². The summed E-state index contributed by atoms with van der Waals surface area (Å²) in [5.41, 5.74) is 2.03. The van der Waals surface area contributed by atoms with Crippen LogP contribution in [-0.4, -0.2) is 39.3 Å². The standard InChI is InChI=1S/C18H17F3N2O2S/c1-12-3-5-13(6-4-12)17-22-16(18(19,20)21)11-23(17)14-7-9-15(10-8-14)26(2,24)25/h3-10,16H,11H2,1-2H3. The highest BCUT2D eigenvalue weighted by Crippen LogP contribution is 2.32. The Labute approximate surface area is 149 Å². The zero-order chi connectivity index (χ0) is 19.1. The zero-order valence-corrected chi connectivity index (χ0v) is 15.0. The highest BCUT2D eigenvalue weighted by molar-refractivity contribution is 7.90. The fourth-order valence-corrected chi connectivity index (χ4v) is 3.36. The molecule has 26 heavy (non-hydrogen) atoms. The molecule has 1 aliphatic rings. The molecule has 138 valence electrons. The van der Waals surface area contributed by atoms with Crippen LogP contribution in [0.25, 0.3) is 0 Å². The molecule has 4 nitrogen and oxygen atoms in total. The van der Waals surface area contributed by atoms with Gasteiger partial charge in [0.1, 0.15) is 5.84 Å². The molecule has 0 spiro atoms. The number of aryl methyl sites for hydroxylation is 1. The van der Waals surface area contributed by atoms with Crippen molar-refractivity contribution in [3.63, 3.8) is 0 Å². The lowest BCUT2D eigenvalue weighted by Crippen LogP contribution is -2.35. The Kier molecular flexibility index (Phi) is 4.56. The number of sulfone groups is 1. The van der Waals surface area contributed by atoms with Crippen LogP contribution in [0.4, 0.5) is 18.9 Å². The smallest absolute Gasteiger partial charge is 0.324 e. The third-order valence-electron chi connectivity index (χ3n) is 4.15.